The molecule has 6 rings (SSSR count). The first-order valence-electron chi connectivity index (χ1n) is 19.5. The number of benzene rings is 6. The van der Waals surface area contributed by atoms with Crippen LogP contribution in [0.1, 0.15) is 48.4 Å². The molecule has 6 aromatic rings. The zero-order valence-corrected chi connectivity index (χ0v) is 35.8. The molecule has 0 heterocycles. The first kappa shape index (κ1) is 45.7. The molecule has 302 valence electrons. The van der Waals surface area contributed by atoms with E-state index in [2.05, 4.69) is 53.8 Å². The number of ether oxygens (including phenoxy) is 1. The molecule has 0 saturated heterocycles. The van der Waals surface area contributed by atoms with Crippen molar-refractivity contribution in [3.63, 3.8) is 0 Å². The van der Waals surface area contributed by atoms with Crippen LogP contribution in [0.25, 0.3) is 0 Å². The monoisotopic (exact) mass is 814 g/mol. The van der Waals surface area contributed by atoms with Crippen LogP contribution in [-0.4, -0.2) is 54.5 Å². The third kappa shape index (κ3) is 13.0. The van der Waals surface area contributed by atoms with E-state index < -0.39 is 15.8 Å². The van der Waals surface area contributed by atoms with Gasteiger partial charge in [-0.1, -0.05) is 185 Å². The molecule has 0 aliphatic carbocycles. The second kappa shape index (κ2) is 24.0. The number of methoxy groups -OCH3 is 1. The minimum absolute atomic E-state index is 0.0417. The molecule has 0 fully saturated rings. The minimum Gasteiger partial charge on any atom is -0.465 e. The predicted molar refractivity (Wildman–Crippen MR) is 245 cm³/mol. The van der Waals surface area contributed by atoms with E-state index in [1.807, 2.05) is 149 Å². The van der Waals surface area contributed by atoms with Gasteiger partial charge >= 0.3 is 5.97 Å². The first-order valence-corrected chi connectivity index (χ1v) is 22.1. The maximum Gasteiger partial charge on any atom is 0.338 e. The molecule has 0 spiro atoms. The van der Waals surface area contributed by atoms with Crippen LogP contribution in [0.5, 0.6) is 0 Å². The summed E-state index contributed by atoms with van der Waals surface area (Å²) < 4.78 is 4.97. The van der Waals surface area contributed by atoms with Crippen LogP contribution < -0.4 is 42.9 Å². The van der Waals surface area contributed by atoms with Gasteiger partial charge in [0, 0.05) is 11.6 Å². The van der Waals surface area contributed by atoms with Crippen LogP contribution in [-0.2, 0) is 4.74 Å². The Morgan fingerprint density at radius 2 is 0.879 bits per heavy atom. The lowest BCUT2D eigenvalue weighted by atomic mass is 10.0. The summed E-state index contributed by atoms with van der Waals surface area (Å²) in [5.74, 6) is 0.124. The lowest BCUT2D eigenvalue weighted by molar-refractivity contribution is 0.0602. The summed E-state index contributed by atoms with van der Waals surface area (Å²) in [7, 11) is -0.250. The largest absolute Gasteiger partial charge is 0.465 e. The lowest BCUT2D eigenvalue weighted by Gasteiger charge is -2.24. The van der Waals surface area contributed by atoms with Crippen molar-refractivity contribution in [3.05, 3.63) is 181 Å². The van der Waals surface area contributed by atoms with Crippen LogP contribution >= 0.6 is 15.8 Å². The Kier molecular flexibility index (Phi) is 18.9. The number of amides is 1. The number of nitrogens with one attached hydrogen (secondary N) is 1. The number of esters is 1. The van der Waals surface area contributed by atoms with Gasteiger partial charge in [0.25, 0.3) is 5.91 Å². The Bertz CT molecular complexity index is 2020. The van der Waals surface area contributed by atoms with Gasteiger partial charge in [-0.3, -0.25) is 4.79 Å². The van der Waals surface area contributed by atoms with Gasteiger partial charge in [0.2, 0.25) is 0 Å². The molecule has 0 bridgehead atoms. The van der Waals surface area contributed by atoms with Crippen molar-refractivity contribution in [3.8, 4) is 0 Å². The van der Waals surface area contributed by atoms with Gasteiger partial charge in [0.05, 0.1) is 31.9 Å². The Labute approximate surface area is 346 Å². The maximum atomic E-state index is 13.1. The molecular formula is C49H56N2O5P2. The first-order chi connectivity index (χ1) is 28.1. The molecule has 0 unspecified atom stereocenters. The fourth-order valence-electron chi connectivity index (χ4n) is 5.85. The Balaban J connectivity index is 0.000000223. The molecule has 7 nitrogen and oxygen atoms in total. The minimum atomic E-state index is -0.867. The van der Waals surface area contributed by atoms with Crippen molar-refractivity contribution in [2.75, 3.05) is 20.3 Å². The van der Waals surface area contributed by atoms with Gasteiger partial charge in [-0.15, -0.1) is 0 Å². The smallest absolute Gasteiger partial charge is 0.338 e. The third-order valence-electron chi connectivity index (χ3n) is 9.38. The summed E-state index contributed by atoms with van der Waals surface area (Å²) >= 11 is 0. The molecule has 9 heteroatoms. The number of rotatable bonds is 13. The van der Waals surface area contributed by atoms with Crippen LogP contribution in [0, 0.1) is 11.8 Å². The number of carbonyl (C=O) groups excluding carboxylic acids is 2. The van der Waals surface area contributed by atoms with Crippen molar-refractivity contribution >= 4 is 59.5 Å². The lowest BCUT2D eigenvalue weighted by Crippen LogP contribution is -2.42. The van der Waals surface area contributed by atoms with Gasteiger partial charge in [0.15, 0.2) is 0 Å². The van der Waals surface area contributed by atoms with Crippen molar-refractivity contribution in [2.24, 2.45) is 17.6 Å². The van der Waals surface area contributed by atoms with Gasteiger partial charge in [-0.25, -0.2) is 4.79 Å². The summed E-state index contributed by atoms with van der Waals surface area (Å²) in [6, 6.07) is 56.5. The summed E-state index contributed by atoms with van der Waals surface area (Å²) in [6.07, 6.45) is 0. The molecule has 6 aromatic carbocycles. The molecule has 1 amide bonds. The highest BCUT2D eigenvalue weighted by molar-refractivity contribution is 7.80. The van der Waals surface area contributed by atoms with E-state index in [1.54, 1.807) is 0 Å². The van der Waals surface area contributed by atoms with Crippen molar-refractivity contribution in [2.45, 2.75) is 39.8 Å². The highest BCUT2D eigenvalue weighted by atomic mass is 31.1. The molecular weight excluding hydrogens is 758 g/mol. The van der Waals surface area contributed by atoms with Crippen LogP contribution in [0.2, 0.25) is 0 Å². The van der Waals surface area contributed by atoms with E-state index in [4.69, 9.17) is 15.6 Å². The molecule has 5 N–H and O–H groups in total. The zero-order valence-electron chi connectivity index (χ0n) is 34.0. The number of aliphatic hydroxyl groups excluding tert-OH is 2. The maximum absolute atomic E-state index is 13.1. The quantitative estimate of drug-likeness (QED) is 0.0794. The van der Waals surface area contributed by atoms with Crippen molar-refractivity contribution in [1.29, 1.82) is 0 Å². The highest BCUT2D eigenvalue weighted by Crippen LogP contribution is 2.35. The molecule has 0 aliphatic rings. The van der Waals surface area contributed by atoms with Gasteiger partial charge in [-0.05, 0) is 71.6 Å². The SMILES string of the molecule is CC(C)[C@@H](CO)NC(=O)c1ccccc1P(c1ccccc1)c1ccccc1.CC(C)[C@H](N)CO.COC(=O)c1ccccc1P(c1ccccc1)c1ccccc1. The molecule has 2 atom stereocenters. The topological polar surface area (TPSA) is 122 Å². The number of aliphatic hydroxyl groups is 2. The second-order valence-electron chi connectivity index (χ2n) is 14.1. The fourth-order valence-corrected chi connectivity index (χ4v) is 10.7. The average Bonchev–Trinajstić information content (AvgIpc) is 3.27. The molecule has 0 aliphatic heterocycles. The molecule has 0 radical (unpaired) electrons. The standard InChI is InChI=1S/C24H26NO2P.C20H17O2P.C5H13NO/c1-18(2)22(17-26)25-24(27)21-15-9-10-16-23(21)28(19-11-5-3-6-12-19)20-13-7-4-8-14-20;1-22-20(21)18-14-8-9-15-19(18)23(16-10-4-2-5-11-16)17-12-6-3-7-13-17;1-4(2)5(6)3-7/h3-16,18,22,26H,17H2,1-2H3,(H,25,27);2-15H,1H3;4-5,7H,3,6H2,1-2H3/t22-;;5-/m1.1/s1. The Hall–Kier alpha value is -5.00. The van der Waals surface area contributed by atoms with Crippen molar-refractivity contribution in [1.82, 2.24) is 5.32 Å². The van der Waals surface area contributed by atoms with E-state index in [1.165, 1.54) is 28.3 Å². The van der Waals surface area contributed by atoms with Gasteiger partial charge in [0.1, 0.15) is 0 Å². The van der Waals surface area contributed by atoms with Gasteiger partial charge in [-0.2, -0.15) is 0 Å². The Morgan fingerprint density at radius 1 is 0.534 bits per heavy atom. The number of hydrogen-bond acceptors (Lipinski definition) is 6. The highest BCUT2D eigenvalue weighted by Gasteiger charge is 2.25. The summed E-state index contributed by atoms with van der Waals surface area (Å²) in [5, 5.41) is 27.9. The average molecular weight is 815 g/mol. The second-order valence-corrected chi connectivity index (χ2v) is 18.5. The van der Waals surface area contributed by atoms with E-state index in [0.29, 0.717) is 17.0 Å². The van der Waals surface area contributed by atoms with E-state index in [9.17, 15) is 14.7 Å². The third-order valence-corrected chi connectivity index (χ3v) is 14.4. The molecule has 58 heavy (non-hydrogen) atoms. The zero-order chi connectivity index (χ0) is 41.9. The summed E-state index contributed by atoms with van der Waals surface area (Å²) in [6.45, 7) is 7.99. The Morgan fingerprint density at radius 3 is 1.19 bits per heavy atom. The van der Waals surface area contributed by atoms with Crippen LogP contribution in [0.3, 0.4) is 0 Å². The number of hydrogen-bond donors (Lipinski definition) is 4. The van der Waals surface area contributed by atoms with Gasteiger partial charge < -0.3 is 26.0 Å². The molecule has 0 saturated carbocycles. The van der Waals surface area contributed by atoms with Crippen molar-refractivity contribution < 1.29 is 24.5 Å². The van der Waals surface area contributed by atoms with E-state index in [0.717, 1.165) is 10.6 Å². The number of carbonyl (C=O) groups is 2. The fraction of sp³-hybridized carbons (Fsp3) is 0.224. The van der Waals surface area contributed by atoms with E-state index >= 15 is 0 Å². The normalized spacial score (nSPS) is 11.9. The van der Waals surface area contributed by atoms with Crippen LogP contribution in [0.4, 0.5) is 0 Å². The predicted octanol–water partition coefficient (Wildman–Crippen LogP) is 6.38. The summed E-state index contributed by atoms with van der Waals surface area (Å²) in [5.41, 5.74) is 6.67. The molecule has 0 aromatic heterocycles. The number of nitrogens with two attached hydrogens (primary N) is 1. The van der Waals surface area contributed by atoms with E-state index in [-0.39, 0.29) is 43.1 Å². The summed E-state index contributed by atoms with van der Waals surface area (Å²) in [4.78, 5) is 25.3. The van der Waals surface area contributed by atoms with Crippen LogP contribution in [0.15, 0.2) is 170 Å².